The van der Waals surface area contributed by atoms with Crippen molar-refractivity contribution >= 4 is 24.2 Å². The van der Waals surface area contributed by atoms with Crippen molar-refractivity contribution in [2.45, 2.75) is 37.5 Å². The molecule has 0 radical (unpaired) electrons. The number of halogens is 1. The minimum atomic E-state index is -0.452. The SMILES string of the molecule is Cl.O=C(c1ccco1)N1CCC2(CC1)N[C@@H](Cc1ccccc1)C(=O)N2Cc1ccccc1. The zero-order chi connectivity index (χ0) is 22.0. The molecule has 1 spiro atoms. The van der Waals surface area contributed by atoms with E-state index >= 15 is 0 Å². The van der Waals surface area contributed by atoms with Crippen LogP contribution in [0.15, 0.2) is 83.5 Å². The molecule has 2 aliphatic rings. The molecular weight excluding hydrogens is 438 g/mol. The lowest BCUT2D eigenvalue weighted by atomic mass is 9.95. The van der Waals surface area contributed by atoms with E-state index in [1.165, 1.54) is 6.26 Å². The fourth-order valence-electron chi connectivity index (χ4n) is 4.90. The molecule has 0 saturated carbocycles. The van der Waals surface area contributed by atoms with Crippen molar-refractivity contribution in [1.29, 1.82) is 0 Å². The summed E-state index contributed by atoms with van der Waals surface area (Å²) in [5.41, 5.74) is 1.80. The fourth-order valence-corrected chi connectivity index (χ4v) is 4.90. The van der Waals surface area contributed by atoms with Crippen molar-refractivity contribution in [3.63, 3.8) is 0 Å². The second-order valence-corrected chi connectivity index (χ2v) is 8.60. The van der Waals surface area contributed by atoms with Crippen LogP contribution in [0.1, 0.15) is 34.5 Å². The molecule has 0 unspecified atom stereocenters. The van der Waals surface area contributed by atoms with Crippen LogP contribution >= 0.6 is 12.4 Å². The Balaban J connectivity index is 0.00000259. The van der Waals surface area contributed by atoms with Crippen LogP contribution < -0.4 is 5.32 Å². The lowest BCUT2D eigenvalue weighted by Crippen LogP contribution is -2.59. The molecule has 1 N–H and O–H groups in total. The topological polar surface area (TPSA) is 65.8 Å². The summed E-state index contributed by atoms with van der Waals surface area (Å²) in [6.45, 7) is 1.70. The maximum Gasteiger partial charge on any atom is 0.289 e. The number of furan rings is 1. The van der Waals surface area contributed by atoms with Gasteiger partial charge in [-0.15, -0.1) is 12.4 Å². The van der Waals surface area contributed by atoms with Gasteiger partial charge in [-0.1, -0.05) is 60.7 Å². The van der Waals surface area contributed by atoms with E-state index in [0.717, 1.165) is 11.1 Å². The first-order valence-electron chi connectivity index (χ1n) is 11.1. The summed E-state index contributed by atoms with van der Waals surface area (Å²) in [6.07, 6.45) is 3.54. The number of piperidine rings is 1. The van der Waals surface area contributed by atoms with Gasteiger partial charge in [-0.2, -0.15) is 0 Å². The van der Waals surface area contributed by atoms with Crippen molar-refractivity contribution < 1.29 is 14.0 Å². The first-order valence-corrected chi connectivity index (χ1v) is 11.1. The second-order valence-electron chi connectivity index (χ2n) is 8.60. The summed E-state index contributed by atoms with van der Waals surface area (Å²) in [5, 5.41) is 3.68. The van der Waals surface area contributed by atoms with E-state index in [-0.39, 0.29) is 30.3 Å². The molecule has 1 aromatic heterocycles. The molecule has 33 heavy (non-hydrogen) atoms. The van der Waals surface area contributed by atoms with Gasteiger partial charge >= 0.3 is 0 Å². The Kier molecular flexibility index (Phi) is 6.86. The van der Waals surface area contributed by atoms with E-state index in [2.05, 4.69) is 29.6 Å². The van der Waals surface area contributed by atoms with Gasteiger partial charge in [0.2, 0.25) is 5.91 Å². The van der Waals surface area contributed by atoms with Crippen LogP contribution in [0.2, 0.25) is 0 Å². The first kappa shape index (κ1) is 23.1. The average Bonchev–Trinajstić information content (AvgIpc) is 3.45. The summed E-state index contributed by atoms with van der Waals surface area (Å²) in [5.74, 6) is 0.396. The molecule has 2 fully saturated rings. The predicted molar refractivity (Wildman–Crippen MR) is 128 cm³/mol. The first-order chi connectivity index (χ1) is 15.6. The van der Waals surface area contributed by atoms with Gasteiger partial charge in [0.15, 0.2) is 5.76 Å². The van der Waals surface area contributed by atoms with E-state index in [1.54, 1.807) is 12.1 Å². The molecule has 3 heterocycles. The van der Waals surface area contributed by atoms with Crippen LogP contribution in [0.25, 0.3) is 0 Å². The van der Waals surface area contributed by atoms with Crippen LogP contribution in [-0.4, -0.2) is 46.4 Å². The van der Waals surface area contributed by atoms with E-state index in [0.29, 0.717) is 44.7 Å². The molecule has 2 aliphatic heterocycles. The third-order valence-corrected chi connectivity index (χ3v) is 6.60. The van der Waals surface area contributed by atoms with Gasteiger partial charge in [0.1, 0.15) is 0 Å². The van der Waals surface area contributed by atoms with E-state index < -0.39 is 5.66 Å². The van der Waals surface area contributed by atoms with Gasteiger partial charge in [0.25, 0.3) is 5.91 Å². The normalized spacial score (nSPS) is 19.5. The molecule has 2 saturated heterocycles. The lowest BCUT2D eigenvalue weighted by molar-refractivity contribution is -0.134. The number of amides is 2. The maximum absolute atomic E-state index is 13.6. The van der Waals surface area contributed by atoms with Gasteiger partial charge in [-0.05, 0) is 29.7 Å². The molecule has 0 aliphatic carbocycles. The quantitative estimate of drug-likeness (QED) is 0.621. The molecule has 5 rings (SSSR count). The Hall–Kier alpha value is -3.09. The number of nitrogens with one attached hydrogen (secondary N) is 1. The number of hydrogen-bond acceptors (Lipinski definition) is 4. The Bertz CT molecular complexity index is 1060. The summed E-state index contributed by atoms with van der Waals surface area (Å²) >= 11 is 0. The molecule has 0 bridgehead atoms. The van der Waals surface area contributed by atoms with Crippen molar-refractivity contribution in [2.24, 2.45) is 0 Å². The van der Waals surface area contributed by atoms with Gasteiger partial charge in [-0.25, -0.2) is 0 Å². The molecule has 172 valence electrons. The molecular formula is C26H28ClN3O3. The van der Waals surface area contributed by atoms with Crippen molar-refractivity contribution in [2.75, 3.05) is 13.1 Å². The van der Waals surface area contributed by atoms with Crippen LogP contribution in [0.3, 0.4) is 0 Å². The molecule has 2 aromatic carbocycles. The molecule has 7 heteroatoms. The number of benzene rings is 2. The van der Waals surface area contributed by atoms with E-state index in [4.69, 9.17) is 4.42 Å². The van der Waals surface area contributed by atoms with Crippen LogP contribution in [0, 0.1) is 0 Å². The third-order valence-electron chi connectivity index (χ3n) is 6.60. The van der Waals surface area contributed by atoms with Crippen molar-refractivity contribution in [1.82, 2.24) is 15.1 Å². The number of hydrogen-bond donors (Lipinski definition) is 1. The largest absolute Gasteiger partial charge is 0.459 e. The third kappa shape index (κ3) is 4.68. The van der Waals surface area contributed by atoms with Crippen LogP contribution in [-0.2, 0) is 17.8 Å². The predicted octanol–water partition coefficient (Wildman–Crippen LogP) is 3.88. The fraction of sp³-hybridized carbons (Fsp3) is 0.308. The highest BCUT2D eigenvalue weighted by Crippen LogP contribution is 2.35. The monoisotopic (exact) mass is 465 g/mol. The summed E-state index contributed by atoms with van der Waals surface area (Å²) < 4.78 is 5.29. The van der Waals surface area contributed by atoms with E-state index in [9.17, 15) is 9.59 Å². The summed E-state index contributed by atoms with van der Waals surface area (Å²) in [4.78, 5) is 30.1. The standard InChI is InChI=1S/C26H27N3O3.ClH/c30-24-22(18-20-8-3-1-4-9-20)27-26(29(24)19-21-10-5-2-6-11-21)13-15-28(16-14-26)25(31)23-12-7-17-32-23;/h1-12,17,22,27H,13-16,18-19H2;1H/t22-;/m0./s1. The summed E-state index contributed by atoms with van der Waals surface area (Å²) in [6, 6.07) is 23.4. The Morgan fingerprint density at radius 1 is 0.939 bits per heavy atom. The highest BCUT2D eigenvalue weighted by atomic mass is 35.5. The zero-order valence-electron chi connectivity index (χ0n) is 18.4. The second kappa shape index (κ2) is 9.81. The lowest BCUT2D eigenvalue weighted by Gasteiger charge is -2.44. The minimum absolute atomic E-state index is 0. The Morgan fingerprint density at radius 3 is 2.18 bits per heavy atom. The van der Waals surface area contributed by atoms with Crippen molar-refractivity contribution in [3.05, 3.63) is 95.9 Å². The smallest absolute Gasteiger partial charge is 0.289 e. The van der Waals surface area contributed by atoms with Crippen molar-refractivity contribution in [3.8, 4) is 0 Å². The van der Waals surface area contributed by atoms with Gasteiger partial charge < -0.3 is 14.2 Å². The number of likely N-dealkylation sites (tertiary alicyclic amines) is 1. The average molecular weight is 466 g/mol. The Morgan fingerprint density at radius 2 is 1.58 bits per heavy atom. The Labute approximate surface area is 200 Å². The van der Waals surface area contributed by atoms with Gasteiger partial charge in [0, 0.05) is 32.5 Å². The van der Waals surface area contributed by atoms with Crippen LogP contribution in [0.4, 0.5) is 0 Å². The number of carbonyl (C=O) groups is 2. The number of rotatable bonds is 5. The highest BCUT2D eigenvalue weighted by Gasteiger charge is 2.51. The molecule has 2 amide bonds. The van der Waals surface area contributed by atoms with Gasteiger partial charge in [-0.3, -0.25) is 14.9 Å². The van der Waals surface area contributed by atoms with Gasteiger partial charge in [0.05, 0.1) is 18.0 Å². The number of carbonyl (C=O) groups excluding carboxylic acids is 2. The summed E-state index contributed by atoms with van der Waals surface area (Å²) in [7, 11) is 0. The number of nitrogens with zero attached hydrogens (tertiary/aromatic N) is 2. The molecule has 6 nitrogen and oxygen atoms in total. The molecule has 3 aromatic rings. The zero-order valence-corrected chi connectivity index (χ0v) is 19.2. The maximum atomic E-state index is 13.6. The highest BCUT2D eigenvalue weighted by molar-refractivity contribution is 5.91. The minimum Gasteiger partial charge on any atom is -0.459 e. The molecule has 1 atom stereocenters. The van der Waals surface area contributed by atoms with E-state index in [1.807, 2.05) is 46.2 Å². The van der Waals surface area contributed by atoms with Crippen LogP contribution in [0.5, 0.6) is 0 Å².